The van der Waals surface area contributed by atoms with Crippen LogP contribution in [-0.4, -0.2) is 40.1 Å². The lowest BCUT2D eigenvalue weighted by molar-refractivity contribution is -0.116. The monoisotopic (exact) mass is 206 g/mol. The van der Waals surface area contributed by atoms with Gasteiger partial charge in [0.05, 0.1) is 0 Å². The minimum absolute atomic E-state index is 0. The van der Waals surface area contributed by atoms with Crippen LogP contribution in [0.1, 0.15) is 6.42 Å². The summed E-state index contributed by atoms with van der Waals surface area (Å²) in [5.41, 5.74) is 0. The van der Waals surface area contributed by atoms with E-state index in [4.69, 9.17) is 0 Å². The van der Waals surface area contributed by atoms with Gasteiger partial charge < -0.3 is 5.32 Å². The van der Waals surface area contributed by atoms with Crippen molar-refractivity contribution >= 4 is 24.3 Å². The van der Waals surface area contributed by atoms with Gasteiger partial charge in [0.2, 0.25) is 5.91 Å². The van der Waals surface area contributed by atoms with Crippen LogP contribution in [0.2, 0.25) is 0 Å². The molecule has 0 spiro atoms. The first-order valence-electron chi connectivity index (χ1n) is 3.51. The van der Waals surface area contributed by atoms with Crippen LogP contribution in [0.15, 0.2) is 0 Å². The quantitative estimate of drug-likeness (QED) is 0.598. The highest BCUT2D eigenvalue weighted by atomic mass is 35.5. The maximum atomic E-state index is 11.0. The van der Waals surface area contributed by atoms with Crippen molar-refractivity contribution in [3.05, 3.63) is 0 Å². The van der Waals surface area contributed by atoms with Crippen LogP contribution in [0.4, 0.5) is 5.95 Å². The molecule has 0 aromatic carbocycles. The van der Waals surface area contributed by atoms with E-state index in [1.807, 2.05) is 0 Å². The summed E-state index contributed by atoms with van der Waals surface area (Å²) >= 11 is 0. The van der Waals surface area contributed by atoms with Crippen LogP contribution < -0.4 is 10.6 Å². The molecule has 0 unspecified atom stereocenters. The Morgan fingerprint density at radius 1 is 1.62 bits per heavy atom. The molecule has 0 aliphatic rings. The Morgan fingerprint density at radius 2 is 2.38 bits per heavy atom. The third kappa shape index (κ3) is 4.38. The Morgan fingerprint density at radius 3 is 2.92 bits per heavy atom. The molecule has 1 aromatic heterocycles. The fourth-order valence-corrected chi connectivity index (χ4v) is 0.640. The van der Waals surface area contributed by atoms with E-state index < -0.39 is 0 Å². The van der Waals surface area contributed by atoms with E-state index in [9.17, 15) is 4.79 Å². The van der Waals surface area contributed by atoms with E-state index in [-0.39, 0.29) is 24.3 Å². The highest BCUT2D eigenvalue weighted by Crippen LogP contribution is 1.91. The van der Waals surface area contributed by atoms with E-state index in [0.29, 0.717) is 13.0 Å². The van der Waals surface area contributed by atoms with Gasteiger partial charge in [-0.25, -0.2) is 0 Å². The molecule has 0 aliphatic carbocycles. The number of H-pyrrole nitrogens is 1. The number of aromatic nitrogens is 4. The van der Waals surface area contributed by atoms with Crippen molar-refractivity contribution < 1.29 is 4.79 Å². The molecule has 1 amide bonds. The minimum atomic E-state index is -0.134. The summed E-state index contributed by atoms with van der Waals surface area (Å²) in [6, 6.07) is 0. The van der Waals surface area contributed by atoms with E-state index in [1.54, 1.807) is 7.05 Å². The molecular formula is C5H11ClN6O. The van der Waals surface area contributed by atoms with Gasteiger partial charge >= 0.3 is 0 Å². The molecule has 0 aliphatic heterocycles. The van der Waals surface area contributed by atoms with Crippen LogP contribution in [0, 0.1) is 0 Å². The lowest BCUT2D eigenvalue weighted by Crippen LogP contribution is -2.19. The Labute approximate surface area is 81.1 Å². The molecule has 7 nitrogen and oxygen atoms in total. The third-order valence-electron chi connectivity index (χ3n) is 1.20. The van der Waals surface area contributed by atoms with Gasteiger partial charge in [0.1, 0.15) is 0 Å². The number of nitrogens with one attached hydrogen (secondary N) is 3. The molecule has 0 atom stereocenters. The topological polar surface area (TPSA) is 95.6 Å². The van der Waals surface area contributed by atoms with Crippen molar-refractivity contribution in [1.82, 2.24) is 25.9 Å². The first-order chi connectivity index (χ1) is 5.83. The molecule has 13 heavy (non-hydrogen) atoms. The highest BCUT2D eigenvalue weighted by Gasteiger charge is 2.03. The maximum Gasteiger partial charge on any atom is 0.269 e. The summed E-state index contributed by atoms with van der Waals surface area (Å²) in [6.45, 7) is 0.629. The van der Waals surface area contributed by atoms with Crippen molar-refractivity contribution in [1.29, 1.82) is 0 Å². The Bertz CT molecular complexity index is 237. The summed E-state index contributed by atoms with van der Waals surface area (Å²) in [5.74, 6) is 0.0712. The maximum absolute atomic E-state index is 11.0. The lowest BCUT2D eigenvalue weighted by Gasteiger charge is -1.98. The van der Waals surface area contributed by atoms with E-state index in [2.05, 4.69) is 31.3 Å². The second-order valence-corrected chi connectivity index (χ2v) is 2.14. The summed E-state index contributed by atoms with van der Waals surface area (Å²) in [5, 5.41) is 18.0. The molecular weight excluding hydrogens is 196 g/mol. The highest BCUT2D eigenvalue weighted by molar-refractivity contribution is 5.88. The van der Waals surface area contributed by atoms with Crippen molar-refractivity contribution in [2.45, 2.75) is 6.42 Å². The molecule has 8 heteroatoms. The van der Waals surface area contributed by atoms with Gasteiger partial charge in [-0.3, -0.25) is 10.1 Å². The first-order valence-corrected chi connectivity index (χ1v) is 3.51. The summed E-state index contributed by atoms with van der Waals surface area (Å²) in [6.07, 6.45) is 0.394. The minimum Gasteiger partial charge on any atom is -0.319 e. The van der Waals surface area contributed by atoms with Crippen LogP contribution in [-0.2, 0) is 4.79 Å². The van der Waals surface area contributed by atoms with Gasteiger partial charge in [-0.05, 0) is 12.3 Å². The number of tetrazole rings is 1. The molecule has 1 rings (SSSR count). The Balaban J connectivity index is 0.00000144. The predicted octanol–water partition coefficient (Wildman–Crippen LogP) is -0.831. The molecule has 0 fully saturated rings. The van der Waals surface area contributed by atoms with Crippen molar-refractivity contribution in [2.24, 2.45) is 0 Å². The van der Waals surface area contributed by atoms with E-state index >= 15 is 0 Å². The van der Waals surface area contributed by atoms with Crippen LogP contribution in [0.3, 0.4) is 0 Å². The first kappa shape index (κ1) is 11.8. The fourth-order valence-electron chi connectivity index (χ4n) is 0.640. The average Bonchev–Trinajstić information content (AvgIpc) is 2.53. The average molecular weight is 207 g/mol. The number of nitrogens with zero attached hydrogens (tertiary/aromatic N) is 3. The van der Waals surface area contributed by atoms with Gasteiger partial charge in [0.25, 0.3) is 5.95 Å². The number of carbonyl (C=O) groups is 1. The number of hydrogen-bond acceptors (Lipinski definition) is 5. The molecule has 0 saturated heterocycles. The molecule has 1 aromatic rings. The molecule has 74 valence electrons. The summed E-state index contributed by atoms with van der Waals surface area (Å²) in [4.78, 5) is 11.0. The number of carbonyl (C=O) groups excluding carboxylic acids is 1. The van der Waals surface area contributed by atoms with Gasteiger partial charge in [-0.1, -0.05) is 5.10 Å². The lowest BCUT2D eigenvalue weighted by atomic mass is 10.4. The molecule has 0 bridgehead atoms. The summed E-state index contributed by atoms with van der Waals surface area (Å²) in [7, 11) is 1.78. The van der Waals surface area contributed by atoms with Gasteiger partial charge in [-0.2, -0.15) is 5.21 Å². The number of anilines is 1. The van der Waals surface area contributed by atoms with Crippen LogP contribution in [0.25, 0.3) is 0 Å². The number of aromatic amines is 1. The largest absolute Gasteiger partial charge is 0.319 e. The number of rotatable bonds is 4. The fraction of sp³-hybridized carbons (Fsp3) is 0.600. The van der Waals surface area contributed by atoms with Gasteiger partial charge in [0, 0.05) is 13.0 Å². The van der Waals surface area contributed by atoms with Crippen molar-refractivity contribution in [2.75, 3.05) is 18.9 Å². The number of hydrogen-bond donors (Lipinski definition) is 3. The SMILES string of the molecule is CNCCC(=O)Nc1nn[nH]n1.Cl. The molecule has 0 radical (unpaired) electrons. The zero-order chi connectivity index (χ0) is 8.81. The van der Waals surface area contributed by atoms with Crippen molar-refractivity contribution in [3.63, 3.8) is 0 Å². The molecule has 0 saturated carbocycles. The Hall–Kier alpha value is -1.21. The zero-order valence-corrected chi connectivity index (χ0v) is 7.89. The predicted molar refractivity (Wildman–Crippen MR) is 48.6 cm³/mol. The zero-order valence-electron chi connectivity index (χ0n) is 7.07. The second-order valence-electron chi connectivity index (χ2n) is 2.14. The normalized spacial score (nSPS) is 9.00. The standard InChI is InChI=1S/C5H10N6O.ClH/c1-6-3-2-4(12)7-5-8-10-11-9-5;/h6H,2-3H2,1H3,(H2,7,8,9,10,11,12);1H. The van der Waals surface area contributed by atoms with E-state index in [1.165, 1.54) is 0 Å². The molecule has 3 N–H and O–H groups in total. The van der Waals surface area contributed by atoms with Crippen LogP contribution in [0.5, 0.6) is 0 Å². The number of amides is 1. The van der Waals surface area contributed by atoms with Crippen LogP contribution >= 0.6 is 12.4 Å². The van der Waals surface area contributed by atoms with E-state index in [0.717, 1.165) is 0 Å². The third-order valence-corrected chi connectivity index (χ3v) is 1.20. The van der Waals surface area contributed by atoms with Gasteiger partial charge in [-0.15, -0.1) is 17.5 Å². The number of halogens is 1. The smallest absolute Gasteiger partial charge is 0.269 e. The van der Waals surface area contributed by atoms with Crippen molar-refractivity contribution in [3.8, 4) is 0 Å². The summed E-state index contributed by atoms with van der Waals surface area (Å²) < 4.78 is 0. The molecule has 1 heterocycles. The second kappa shape index (κ2) is 6.32. The Kier molecular flexibility index (Phi) is 5.73. The van der Waals surface area contributed by atoms with Gasteiger partial charge in [0.15, 0.2) is 0 Å².